The molecule has 0 saturated carbocycles. The van der Waals surface area contributed by atoms with E-state index in [4.69, 9.17) is 9.97 Å². The number of nitrogens with zero attached hydrogens (tertiary/aromatic N) is 5. The molecule has 0 bridgehead atoms. The second-order valence-electron chi connectivity index (χ2n) is 8.46. The van der Waals surface area contributed by atoms with Gasteiger partial charge in [0.25, 0.3) is 0 Å². The second kappa shape index (κ2) is 8.55. The van der Waals surface area contributed by atoms with Crippen LogP contribution in [0.1, 0.15) is 22.6 Å². The Labute approximate surface area is 183 Å². The average molecular weight is 416 g/mol. The minimum Gasteiger partial charge on any atom is -0.508 e. The third-order valence-corrected chi connectivity index (χ3v) is 6.27. The predicted molar refractivity (Wildman–Crippen MR) is 124 cm³/mol. The number of aryl methyl sites for hydroxylation is 1. The van der Waals surface area contributed by atoms with Crippen LogP contribution in [0.3, 0.4) is 0 Å². The summed E-state index contributed by atoms with van der Waals surface area (Å²) in [6.07, 6.45) is 0.978. The normalized spacial score (nSPS) is 16.9. The zero-order chi connectivity index (χ0) is 21.2. The molecule has 1 fully saturated rings. The molecule has 0 amide bonds. The van der Waals surface area contributed by atoms with Crippen LogP contribution in [-0.2, 0) is 19.5 Å². The molecule has 31 heavy (non-hydrogen) atoms. The molecule has 3 heterocycles. The molecule has 5 rings (SSSR count). The molecule has 2 aliphatic rings. The van der Waals surface area contributed by atoms with Crippen LogP contribution in [0.5, 0.6) is 5.75 Å². The molecule has 2 aliphatic heterocycles. The highest BCUT2D eigenvalue weighted by Crippen LogP contribution is 2.29. The van der Waals surface area contributed by atoms with Crippen molar-refractivity contribution in [2.75, 3.05) is 42.5 Å². The number of piperazine rings is 1. The number of fused-ring (bicyclic) bond motifs is 1. The van der Waals surface area contributed by atoms with Gasteiger partial charge in [0.15, 0.2) is 0 Å². The zero-order valence-electron chi connectivity index (χ0n) is 18.0. The van der Waals surface area contributed by atoms with E-state index in [-0.39, 0.29) is 0 Å². The highest BCUT2D eigenvalue weighted by molar-refractivity contribution is 5.54. The Morgan fingerprint density at radius 3 is 2.29 bits per heavy atom. The summed E-state index contributed by atoms with van der Waals surface area (Å²) in [4.78, 5) is 17.0. The lowest BCUT2D eigenvalue weighted by Gasteiger charge is -2.39. The smallest absolute Gasteiger partial charge is 0.137 e. The molecule has 1 aromatic heterocycles. The van der Waals surface area contributed by atoms with Crippen LogP contribution in [0.15, 0.2) is 54.6 Å². The van der Waals surface area contributed by atoms with Crippen LogP contribution in [0.4, 0.5) is 11.5 Å². The minimum absolute atomic E-state index is 0.311. The average Bonchev–Trinajstić information content (AvgIpc) is 2.80. The van der Waals surface area contributed by atoms with E-state index in [1.165, 1.54) is 16.8 Å². The maximum absolute atomic E-state index is 9.55. The molecule has 0 atom stereocenters. The van der Waals surface area contributed by atoms with Gasteiger partial charge in [-0.2, -0.15) is 0 Å². The summed E-state index contributed by atoms with van der Waals surface area (Å²) >= 11 is 0. The van der Waals surface area contributed by atoms with E-state index in [0.717, 1.165) is 69.6 Å². The summed E-state index contributed by atoms with van der Waals surface area (Å²) in [5, 5.41) is 9.55. The first-order chi connectivity index (χ1) is 15.2. The first-order valence-corrected chi connectivity index (χ1v) is 11.1. The number of rotatable bonds is 4. The van der Waals surface area contributed by atoms with Crippen LogP contribution < -0.4 is 9.80 Å². The molecular formula is C25H29N5O. The molecule has 6 nitrogen and oxygen atoms in total. The summed E-state index contributed by atoms with van der Waals surface area (Å²) in [7, 11) is 0. The number of hydrogen-bond acceptors (Lipinski definition) is 6. The van der Waals surface area contributed by atoms with Crippen molar-refractivity contribution < 1.29 is 5.11 Å². The minimum atomic E-state index is 0.311. The van der Waals surface area contributed by atoms with Gasteiger partial charge in [-0.25, -0.2) is 9.97 Å². The van der Waals surface area contributed by atoms with Crippen LogP contribution in [0.2, 0.25) is 0 Å². The van der Waals surface area contributed by atoms with Gasteiger partial charge >= 0.3 is 0 Å². The van der Waals surface area contributed by atoms with Gasteiger partial charge < -0.3 is 14.9 Å². The maximum Gasteiger partial charge on any atom is 0.137 e. The van der Waals surface area contributed by atoms with Crippen molar-refractivity contribution in [3.63, 3.8) is 0 Å². The molecule has 3 aromatic rings. The van der Waals surface area contributed by atoms with E-state index in [0.29, 0.717) is 5.75 Å². The molecule has 2 aromatic carbocycles. The van der Waals surface area contributed by atoms with Crippen molar-refractivity contribution in [3.05, 3.63) is 77.2 Å². The Morgan fingerprint density at radius 1 is 0.839 bits per heavy atom. The lowest BCUT2D eigenvalue weighted by atomic mass is 10.0. The molecule has 0 spiro atoms. The lowest BCUT2D eigenvalue weighted by molar-refractivity contribution is 0.243. The van der Waals surface area contributed by atoms with Crippen LogP contribution in [0, 0.1) is 6.92 Å². The zero-order valence-corrected chi connectivity index (χ0v) is 18.0. The Balaban J connectivity index is 1.32. The van der Waals surface area contributed by atoms with Gasteiger partial charge in [0, 0.05) is 63.5 Å². The molecule has 0 aliphatic carbocycles. The first-order valence-electron chi connectivity index (χ1n) is 11.1. The fraction of sp³-hybridized carbons (Fsp3) is 0.360. The van der Waals surface area contributed by atoms with Crippen molar-refractivity contribution in [2.24, 2.45) is 0 Å². The Bertz CT molecular complexity index is 1030. The van der Waals surface area contributed by atoms with E-state index in [1.54, 1.807) is 12.1 Å². The highest BCUT2D eigenvalue weighted by Gasteiger charge is 2.27. The number of phenols is 1. The molecule has 0 radical (unpaired) electrons. The van der Waals surface area contributed by atoms with Crippen molar-refractivity contribution in [2.45, 2.75) is 26.4 Å². The predicted octanol–water partition coefficient (Wildman–Crippen LogP) is 3.38. The number of aromatic hydroxyl groups is 1. The van der Waals surface area contributed by atoms with Crippen LogP contribution >= 0.6 is 0 Å². The van der Waals surface area contributed by atoms with Gasteiger partial charge in [0.05, 0.1) is 5.69 Å². The fourth-order valence-corrected chi connectivity index (χ4v) is 4.65. The topological polar surface area (TPSA) is 55.7 Å². The van der Waals surface area contributed by atoms with Crippen molar-refractivity contribution in [1.29, 1.82) is 0 Å². The van der Waals surface area contributed by atoms with Crippen molar-refractivity contribution in [1.82, 2.24) is 14.9 Å². The summed E-state index contributed by atoms with van der Waals surface area (Å²) < 4.78 is 0. The number of hydrogen-bond donors (Lipinski definition) is 1. The fourth-order valence-electron chi connectivity index (χ4n) is 4.65. The summed E-state index contributed by atoms with van der Waals surface area (Å²) in [6, 6.07) is 18.2. The molecule has 6 heteroatoms. The number of phenolic OH excluding ortho intramolecular Hbond substituents is 1. The number of anilines is 2. The molecule has 0 unspecified atom stereocenters. The van der Waals surface area contributed by atoms with Gasteiger partial charge in [-0.05, 0) is 36.8 Å². The lowest BCUT2D eigenvalue weighted by Crippen LogP contribution is -2.47. The molecule has 160 valence electrons. The molecule has 1 N–H and O–H groups in total. The number of aromatic nitrogens is 2. The second-order valence-corrected chi connectivity index (χ2v) is 8.46. The summed E-state index contributed by atoms with van der Waals surface area (Å²) in [6.45, 7) is 8.65. The van der Waals surface area contributed by atoms with Gasteiger partial charge in [-0.15, -0.1) is 0 Å². The number of benzene rings is 2. The van der Waals surface area contributed by atoms with E-state index >= 15 is 0 Å². The van der Waals surface area contributed by atoms with Crippen molar-refractivity contribution in [3.8, 4) is 5.75 Å². The maximum atomic E-state index is 9.55. The Hall–Kier alpha value is -3.12. The van der Waals surface area contributed by atoms with E-state index in [9.17, 15) is 5.11 Å². The largest absolute Gasteiger partial charge is 0.508 e. The quantitative estimate of drug-likeness (QED) is 0.705. The SMILES string of the molecule is Cc1nc2c(c(N3CCN(c4ccc(O)cc4)CC3)n1)CN(Cc1ccccc1)CC2. The Kier molecular flexibility index (Phi) is 5.47. The summed E-state index contributed by atoms with van der Waals surface area (Å²) in [5.41, 5.74) is 5.02. The third kappa shape index (κ3) is 4.35. The first kappa shape index (κ1) is 19.8. The van der Waals surface area contributed by atoms with Crippen LogP contribution in [-0.4, -0.2) is 52.7 Å². The van der Waals surface area contributed by atoms with Crippen molar-refractivity contribution >= 4 is 11.5 Å². The monoisotopic (exact) mass is 415 g/mol. The van der Waals surface area contributed by atoms with E-state index in [2.05, 4.69) is 45.0 Å². The van der Waals surface area contributed by atoms with Gasteiger partial charge in [0.2, 0.25) is 0 Å². The van der Waals surface area contributed by atoms with Gasteiger partial charge in [-0.3, -0.25) is 4.90 Å². The van der Waals surface area contributed by atoms with E-state index < -0.39 is 0 Å². The summed E-state index contributed by atoms with van der Waals surface area (Å²) in [5.74, 6) is 2.29. The van der Waals surface area contributed by atoms with Gasteiger partial charge in [-0.1, -0.05) is 30.3 Å². The molecular weight excluding hydrogens is 386 g/mol. The third-order valence-electron chi connectivity index (χ3n) is 6.27. The Morgan fingerprint density at radius 2 is 1.55 bits per heavy atom. The highest BCUT2D eigenvalue weighted by atomic mass is 16.3. The van der Waals surface area contributed by atoms with E-state index in [1.807, 2.05) is 19.1 Å². The van der Waals surface area contributed by atoms with Gasteiger partial charge in [0.1, 0.15) is 17.4 Å². The standard InChI is InChI=1S/C25H29N5O/c1-19-26-24-11-12-28(17-20-5-3-2-4-6-20)18-23(24)25(27-19)30-15-13-29(14-16-30)21-7-9-22(31)10-8-21/h2-10,31H,11-18H2,1H3. The van der Waals surface area contributed by atoms with Crippen LogP contribution in [0.25, 0.3) is 0 Å². The molecule has 1 saturated heterocycles.